The highest BCUT2D eigenvalue weighted by Crippen LogP contribution is 2.37. The van der Waals surface area contributed by atoms with Crippen molar-refractivity contribution in [3.63, 3.8) is 0 Å². The summed E-state index contributed by atoms with van der Waals surface area (Å²) in [4.78, 5) is 11.2. The number of sulfonamides is 1. The van der Waals surface area contributed by atoms with Crippen molar-refractivity contribution in [3.05, 3.63) is 17.2 Å². The first-order chi connectivity index (χ1) is 10.8. The zero-order valence-electron chi connectivity index (χ0n) is 12.9. The minimum Gasteiger partial charge on any atom is -0.495 e. The van der Waals surface area contributed by atoms with Crippen LogP contribution < -0.4 is 15.2 Å². The molecule has 0 spiro atoms. The van der Waals surface area contributed by atoms with Crippen molar-refractivity contribution >= 4 is 27.5 Å². The maximum absolute atomic E-state index is 12.9. The number of rotatable bonds is 5. The van der Waals surface area contributed by atoms with Crippen LogP contribution in [0.5, 0.6) is 11.5 Å². The first kappa shape index (κ1) is 17.8. The fourth-order valence-electron chi connectivity index (χ4n) is 2.55. The average Bonchev–Trinajstić information content (AvgIpc) is 2.54. The summed E-state index contributed by atoms with van der Waals surface area (Å²) in [5.74, 6) is -0.290. The molecule has 7 nitrogen and oxygen atoms in total. The molecule has 0 saturated carbocycles. The van der Waals surface area contributed by atoms with Crippen molar-refractivity contribution < 1.29 is 22.7 Å². The predicted octanol–water partition coefficient (Wildman–Crippen LogP) is 1.24. The van der Waals surface area contributed by atoms with Crippen molar-refractivity contribution in [2.24, 2.45) is 11.7 Å². The van der Waals surface area contributed by atoms with E-state index in [2.05, 4.69) is 0 Å². The molecular weight excluding hydrogens is 344 g/mol. The largest absolute Gasteiger partial charge is 0.495 e. The fourth-order valence-corrected chi connectivity index (χ4v) is 4.41. The molecule has 0 atom stereocenters. The number of primary amides is 1. The van der Waals surface area contributed by atoms with E-state index in [1.54, 1.807) is 0 Å². The van der Waals surface area contributed by atoms with E-state index in [1.165, 1.54) is 30.7 Å². The summed E-state index contributed by atoms with van der Waals surface area (Å²) < 4.78 is 37.3. The van der Waals surface area contributed by atoms with Crippen LogP contribution in [0.3, 0.4) is 0 Å². The second-order valence-corrected chi connectivity index (χ2v) is 7.53. The van der Waals surface area contributed by atoms with Gasteiger partial charge in [-0.1, -0.05) is 11.6 Å². The van der Waals surface area contributed by atoms with Crippen LogP contribution in [-0.2, 0) is 14.8 Å². The maximum atomic E-state index is 12.9. The highest BCUT2D eigenvalue weighted by molar-refractivity contribution is 7.89. The molecule has 1 saturated heterocycles. The Morgan fingerprint density at radius 3 is 2.26 bits per heavy atom. The normalized spacial score (nSPS) is 17.0. The van der Waals surface area contributed by atoms with Crippen molar-refractivity contribution in [1.82, 2.24) is 4.31 Å². The molecule has 1 amide bonds. The summed E-state index contributed by atoms with van der Waals surface area (Å²) in [6.07, 6.45) is 0.809. The molecule has 1 aliphatic heterocycles. The number of carbonyl (C=O) groups is 1. The number of hydrogen-bond acceptors (Lipinski definition) is 5. The highest BCUT2D eigenvalue weighted by Gasteiger charge is 2.33. The maximum Gasteiger partial charge on any atom is 0.246 e. The van der Waals surface area contributed by atoms with Gasteiger partial charge < -0.3 is 15.2 Å². The van der Waals surface area contributed by atoms with E-state index in [0.717, 1.165) is 0 Å². The zero-order chi connectivity index (χ0) is 17.2. The number of methoxy groups -OCH3 is 2. The third kappa shape index (κ3) is 3.54. The van der Waals surface area contributed by atoms with Crippen LogP contribution in [0.2, 0.25) is 5.02 Å². The SMILES string of the molecule is COc1cc(S(=O)(=O)N2CCC(C(N)=O)CC2)c(OC)cc1Cl. The fraction of sp³-hybridized carbons (Fsp3) is 0.500. The van der Waals surface area contributed by atoms with Gasteiger partial charge in [0, 0.05) is 31.1 Å². The number of piperidine rings is 1. The van der Waals surface area contributed by atoms with Gasteiger partial charge in [-0.2, -0.15) is 4.31 Å². The van der Waals surface area contributed by atoms with Crippen LogP contribution in [0.1, 0.15) is 12.8 Å². The first-order valence-electron chi connectivity index (χ1n) is 7.02. The van der Waals surface area contributed by atoms with E-state index in [-0.39, 0.29) is 40.4 Å². The number of ether oxygens (including phenoxy) is 2. The van der Waals surface area contributed by atoms with Crippen LogP contribution in [0, 0.1) is 5.92 Å². The molecule has 1 heterocycles. The van der Waals surface area contributed by atoms with Crippen LogP contribution in [0.15, 0.2) is 17.0 Å². The van der Waals surface area contributed by atoms with Crippen molar-refractivity contribution in [2.75, 3.05) is 27.3 Å². The molecule has 0 radical (unpaired) electrons. The molecule has 0 bridgehead atoms. The van der Waals surface area contributed by atoms with Gasteiger partial charge in [0.05, 0.1) is 19.2 Å². The Morgan fingerprint density at radius 2 is 1.78 bits per heavy atom. The third-order valence-electron chi connectivity index (χ3n) is 3.91. The predicted molar refractivity (Wildman–Crippen MR) is 85.2 cm³/mol. The van der Waals surface area contributed by atoms with Crippen molar-refractivity contribution in [1.29, 1.82) is 0 Å². The topological polar surface area (TPSA) is 98.9 Å². The lowest BCUT2D eigenvalue weighted by atomic mass is 9.98. The molecule has 128 valence electrons. The number of nitrogens with two attached hydrogens (primary N) is 1. The Morgan fingerprint density at radius 1 is 1.22 bits per heavy atom. The smallest absolute Gasteiger partial charge is 0.246 e. The van der Waals surface area contributed by atoms with Gasteiger partial charge in [0.1, 0.15) is 16.4 Å². The number of hydrogen-bond donors (Lipinski definition) is 1. The summed E-state index contributed by atoms with van der Waals surface area (Å²) in [6, 6.07) is 2.75. The average molecular weight is 363 g/mol. The van der Waals surface area contributed by atoms with Gasteiger partial charge >= 0.3 is 0 Å². The number of amides is 1. The van der Waals surface area contributed by atoms with E-state index in [0.29, 0.717) is 12.8 Å². The standard InChI is InChI=1S/C14H19ClN2O5S/c1-21-11-8-13(12(22-2)7-10(11)15)23(19,20)17-5-3-9(4-6-17)14(16)18/h7-9H,3-6H2,1-2H3,(H2,16,18). The molecular formula is C14H19ClN2O5S. The van der Waals surface area contributed by atoms with Gasteiger partial charge in [0.2, 0.25) is 15.9 Å². The minimum absolute atomic E-state index is 0.0150. The Labute approximate surface area is 140 Å². The van der Waals surface area contributed by atoms with E-state index >= 15 is 0 Å². The van der Waals surface area contributed by atoms with Gasteiger partial charge in [-0.3, -0.25) is 4.79 Å². The van der Waals surface area contributed by atoms with Crippen LogP contribution in [0.4, 0.5) is 0 Å². The molecule has 23 heavy (non-hydrogen) atoms. The van der Waals surface area contributed by atoms with Crippen LogP contribution >= 0.6 is 11.6 Å². The molecule has 1 aromatic rings. The molecule has 2 N–H and O–H groups in total. The number of carbonyl (C=O) groups excluding carboxylic acids is 1. The number of halogens is 1. The van der Waals surface area contributed by atoms with Crippen LogP contribution in [-0.4, -0.2) is 45.9 Å². The lowest BCUT2D eigenvalue weighted by molar-refractivity contribution is -0.122. The molecule has 0 aliphatic carbocycles. The quantitative estimate of drug-likeness (QED) is 0.849. The second kappa shape index (κ2) is 6.94. The van der Waals surface area contributed by atoms with E-state index in [9.17, 15) is 13.2 Å². The summed E-state index contributed by atoms with van der Waals surface area (Å²) in [5.41, 5.74) is 5.27. The Kier molecular flexibility index (Phi) is 5.38. The molecule has 2 rings (SSSR count). The summed E-state index contributed by atoms with van der Waals surface area (Å²) >= 11 is 6.01. The van der Waals surface area contributed by atoms with Gasteiger partial charge in [-0.05, 0) is 12.8 Å². The van der Waals surface area contributed by atoms with Gasteiger partial charge in [0.25, 0.3) is 0 Å². The third-order valence-corrected chi connectivity index (χ3v) is 6.13. The van der Waals surface area contributed by atoms with Crippen molar-refractivity contribution in [2.45, 2.75) is 17.7 Å². The molecule has 0 aromatic heterocycles. The Balaban J connectivity index is 2.35. The van der Waals surface area contributed by atoms with Crippen LogP contribution in [0.25, 0.3) is 0 Å². The Bertz CT molecular complexity index is 699. The molecule has 1 aromatic carbocycles. The molecule has 0 unspecified atom stereocenters. The highest BCUT2D eigenvalue weighted by atomic mass is 35.5. The lowest BCUT2D eigenvalue weighted by Crippen LogP contribution is -2.41. The minimum atomic E-state index is -3.79. The van der Waals surface area contributed by atoms with Gasteiger partial charge in [-0.15, -0.1) is 0 Å². The van der Waals surface area contributed by atoms with E-state index < -0.39 is 15.9 Å². The second-order valence-electron chi connectivity index (χ2n) is 5.22. The molecule has 9 heteroatoms. The molecule has 1 aliphatic rings. The van der Waals surface area contributed by atoms with E-state index in [1.807, 2.05) is 0 Å². The summed E-state index contributed by atoms with van der Waals surface area (Å²) in [7, 11) is -1.01. The monoisotopic (exact) mass is 362 g/mol. The number of benzene rings is 1. The van der Waals surface area contributed by atoms with E-state index in [4.69, 9.17) is 26.8 Å². The molecule has 1 fully saturated rings. The Hall–Kier alpha value is -1.51. The van der Waals surface area contributed by atoms with Crippen molar-refractivity contribution in [3.8, 4) is 11.5 Å². The number of nitrogens with zero attached hydrogens (tertiary/aromatic N) is 1. The summed E-state index contributed by atoms with van der Waals surface area (Å²) in [6.45, 7) is 0.452. The summed E-state index contributed by atoms with van der Waals surface area (Å²) in [5, 5.41) is 0.260. The first-order valence-corrected chi connectivity index (χ1v) is 8.84. The van der Waals surface area contributed by atoms with Gasteiger partial charge in [0.15, 0.2) is 0 Å². The lowest BCUT2D eigenvalue weighted by Gasteiger charge is -2.30. The zero-order valence-corrected chi connectivity index (χ0v) is 14.5. The van der Waals surface area contributed by atoms with Gasteiger partial charge in [-0.25, -0.2) is 8.42 Å².